The van der Waals surface area contributed by atoms with Crippen molar-refractivity contribution in [3.63, 3.8) is 0 Å². The average molecular weight is 620 g/mol. The summed E-state index contributed by atoms with van der Waals surface area (Å²) in [7, 11) is -3.48. The third kappa shape index (κ3) is 7.51. The first-order valence-corrected chi connectivity index (χ1v) is 15.6. The number of hydrogen-bond acceptors (Lipinski definition) is 6. The van der Waals surface area contributed by atoms with Gasteiger partial charge in [0, 0.05) is 48.9 Å². The molecule has 1 saturated heterocycles. The van der Waals surface area contributed by atoms with Crippen LogP contribution < -0.4 is 16.0 Å². The number of carbonyl (C=O) groups excluding carboxylic acids is 1. The molecule has 3 aromatic rings. The Hall–Kier alpha value is -3.55. The van der Waals surface area contributed by atoms with Crippen molar-refractivity contribution < 1.29 is 30.8 Å². The standard InChI is InChI=1S/C30H33F4N5O3S/c1-18-14-35-15-24(39(18)43(41,42)25-7-8-25)6-9-26-27(34)16-36-17-29(26)38-28(10-19-2-4-20(31)5-3-19)30(40)37-23-12-21(32)11-22(33)13-23/h2-5,11-13,16-18,24-25,28,35,38H,6-10,14-15H2,1H3,(H,37,40)/t18-,24-,28-/m0/s1. The van der Waals surface area contributed by atoms with Gasteiger partial charge in [-0.05, 0) is 62.4 Å². The molecular formula is C30H33F4N5O3S. The Kier molecular flexibility index (Phi) is 9.33. The fourth-order valence-electron chi connectivity index (χ4n) is 5.48. The smallest absolute Gasteiger partial charge is 0.247 e. The van der Waals surface area contributed by atoms with Crippen LogP contribution in [0, 0.1) is 23.3 Å². The number of aromatic nitrogens is 1. The fourth-order valence-corrected chi connectivity index (χ4v) is 7.73. The lowest BCUT2D eigenvalue weighted by atomic mass is 10.0. The van der Waals surface area contributed by atoms with Crippen LogP contribution in [-0.2, 0) is 27.7 Å². The van der Waals surface area contributed by atoms with Gasteiger partial charge in [0.2, 0.25) is 15.9 Å². The highest BCUT2D eigenvalue weighted by Gasteiger charge is 2.45. The van der Waals surface area contributed by atoms with E-state index in [0.29, 0.717) is 44.0 Å². The molecule has 0 radical (unpaired) electrons. The molecular weight excluding hydrogens is 586 g/mol. The zero-order valence-electron chi connectivity index (χ0n) is 23.5. The molecule has 5 rings (SSSR count). The number of pyridine rings is 1. The van der Waals surface area contributed by atoms with Crippen molar-refractivity contribution in [3.05, 3.63) is 89.3 Å². The van der Waals surface area contributed by atoms with E-state index in [2.05, 4.69) is 20.9 Å². The van der Waals surface area contributed by atoms with E-state index in [1.807, 2.05) is 6.92 Å². The highest BCUT2D eigenvalue weighted by molar-refractivity contribution is 7.90. The van der Waals surface area contributed by atoms with Crippen LogP contribution in [0.5, 0.6) is 0 Å². The van der Waals surface area contributed by atoms with Gasteiger partial charge in [0.05, 0.1) is 23.3 Å². The van der Waals surface area contributed by atoms with Crippen molar-refractivity contribution >= 4 is 27.3 Å². The number of sulfonamides is 1. The predicted molar refractivity (Wildman–Crippen MR) is 155 cm³/mol. The van der Waals surface area contributed by atoms with Crippen molar-refractivity contribution in [2.45, 2.75) is 62.4 Å². The minimum atomic E-state index is -3.48. The Bertz CT molecular complexity index is 1550. The monoisotopic (exact) mass is 619 g/mol. The van der Waals surface area contributed by atoms with Crippen LogP contribution in [0.15, 0.2) is 54.9 Å². The van der Waals surface area contributed by atoms with Crippen LogP contribution >= 0.6 is 0 Å². The Morgan fingerprint density at radius 3 is 2.40 bits per heavy atom. The second-order valence-corrected chi connectivity index (χ2v) is 13.2. The van der Waals surface area contributed by atoms with Crippen molar-refractivity contribution in [1.29, 1.82) is 0 Å². The number of piperazine rings is 1. The molecule has 1 aliphatic carbocycles. The normalized spacial score (nSPS) is 20.0. The molecule has 43 heavy (non-hydrogen) atoms. The van der Waals surface area contributed by atoms with Gasteiger partial charge in [-0.1, -0.05) is 12.1 Å². The topological polar surface area (TPSA) is 103 Å². The summed E-state index contributed by atoms with van der Waals surface area (Å²) in [6.45, 7) is 2.79. The van der Waals surface area contributed by atoms with Crippen LogP contribution in [0.4, 0.5) is 28.9 Å². The van der Waals surface area contributed by atoms with Gasteiger partial charge in [-0.25, -0.2) is 26.0 Å². The molecule has 2 aromatic carbocycles. The van der Waals surface area contributed by atoms with Crippen LogP contribution in [0.25, 0.3) is 0 Å². The summed E-state index contributed by atoms with van der Waals surface area (Å²) in [6.07, 6.45) is 4.17. The molecule has 13 heteroatoms. The summed E-state index contributed by atoms with van der Waals surface area (Å²) in [6, 6.07) is 6.35. The van der Waals surface area contributed by atoms with Gasteiger partial charge in [0.15, 0.2) is 0 Å². The van der Waals surface area contributed by atoms with Crippen molar-refractivity contribution in [3.8, 4) is 0 Å². The second kappa shape index (κ2) is 13.0. The maximum atomic E-state index is 15.2. The van der Waals surface area contributed by atoms with E-state index in [-0.39, 0.29) is 41.1 Å². The van der Waals surface area contributed by atoms with E-state index in [1.165, 1.54) is 30.5 Å². The highest BCUT2D eigenvalue weighted by Crippen LogP contribution is 2.35. The number of nitrogens with zero attached hydrogens (tertiary/aromatic N) is 2. The Morgan fingerprint density at radius 2 is 1.72 bits per heavy atom. The molecule has 2 aliphatic rings. The summed E-state index contributed by atoms with van der Waals surface area (Å²) >= 11 is 0. The van der Waals surface area contributed by atoms with E-state index in [1.54, 1.807) is 4.31 Å². The lowest BCUT2D eigenvalue weighted by molar-refractivity contribution is -0.116. The summed E-state index contributed by atoms with van der Waals surface area (Å²) in [5, 5.41) is 8.40. The Morgan fingerprint density at radius 1 is 1.02 bits per heavy atom. The van der Waals surface area contributed by atoms with Gasteiger partial charge in [-0.2, -0.15) is 4.31 Å². The molecule has 1 amide bonds. The minimum absolute atomic E-state index is 0.0251. The van der Waals surface area contributed by atoms with E-state index < -0.39 is 51.3 Å². The number of hydrogen-bond donors (Lipinski definition) is 3. The van der Waals surface area contributed by atoms with E-state index >= 15 is 4.39 Å². The van der Waals surface area contributed by atoms with Gasteiger partial charge in [-0.3, -0.25) is 9.78 Å². The van der Waals surface area contributed by atoms with E-state index in [4.69, 9.17) is 0 Å². The molecule has 1 aliphatic heterocycles. The van der Waals surface area contributed by atoms with Gasteiger partial charge in [-0.15, -0.1) is 0 Å². The lowest BCUT2D eigenvalue weighted by Crippen LogP contribution is -2.59. The summed E-state index contributed by atoms with van der Waals surface area (Å²) in [5.74, 6) is -3.52. The van der Waals surface area contributed by atoms with Gasteiger partial charge < -0.3 is 16.0 Å². The molecule has 8 nitrogen and oxygen atoms in total. The zero-order chi connectivity index (χ0) is 30.7. The molecule has 1 saturated carbocycles. The van der Waals surface area contributed by atoms with E-state index in [0.717, 1.165) is 18.3 Å². The van der Waals surface area contributed by atoms with Crippen LogP contribution in [0.2, 0.25) is 0 Å². The summed E-state index contributed by atoms with van der Waals surface area (Å²) in [4.78, 5) is 17.3. The van der Waals surface area contributed by atoms with Gasteiger partial charge >= 0.3 is 0 Å². The zero-order valence-corrected chi connectivity index (χ0v) is 24.3. The summed E-state index contributed by atoms with van der Waals surface area (Å²) < 4.78 is 84.3. The predicted octanol–water partition coefficient (Wildman–Crippen LogP) is 4.39. The van der Waals surface area contributed by atoms with Crippen LogP contribution in [-0.4, -0.2) is 60.1 Å². The average Bonchev–Trinajstić information content (AvgIpc) is 3.79. The number of anilines is 2. The van der Waals surface area contributed by atoms with Crippen LogP contribution in [0.3, 0.4) is 0 Å². The molecule has 0 spiro atoms. The number of nitrogens with one attached hydrogen (secondary N) is 3. The third-order valence-corrected chi connectivity index (χ3v) is 10.3. The number of amides is 1. The third-order valence-electron chi connectivity index (χ3n) is 7.72. The molecule has 1 aromatic heterocycles. The molecule has 0 bridgehead atoms. The highest BCUT2D eigenvalue weighted by atomic mass is 32.2. The fraction of sp³-hybridized carbons (Fsp3) is 0.400. The van der Waals surface area contributed by atoms with Crippen molar-refractivity contribution in [1.82, 2.24) is 14.6 Å². The molecule has 0 unspecified atom stereocenters. The number of benzene rings is 2. The lowest BCUT2D eigenvalue weighted by Gasteiger charge is -2.40. The molecule has 230 valence electrons. The van der Waals surface area contributed by atoms with E-state index in [9.17, 15) is 26.4 Å². The first-order valence-electron chi connectivity index (χ1n) is 14.1. The van der Waals surface area contributed by atoms with Crippen molar-refractivity contribution in [2.75, 3.05) is 23.7 Å². The maximum absolute atomic E-state index is 15.2. The quantitative estimate of drug-likeness (QED) is 0.275. The minimum Gasteiger partial charge on any atom is -0.372 e. The molecule has 3 N–H and O–H groups in total. The number of rotatable bonds is 11. The molecule has 3 atom stereocenters. The van der Waals surface area contributed by atoms with Gasteiger partial charge in [0.25, 0.3) is 0 Å². The Balaban J connectivity index is 1.38. The van der Waals surface area contributed by atoms with Crippen molar-refractivity contribution in [2.24, 2.45) is 0 Å². The van der Waals surface area contributed by atoms with Gasteiger partial charge in [0.1, 0.15) is 29.3 Å². The Labute approximate surface area is 247 Å². The maximum Gasteiger partial charge on any atom is 0.247 e. The molecule has 2 heterocycles. The first kappa shape index (κ1) is 30.9. The molecule has 2 fully saturated rings. The van der Waals surface area contributed by atoms with Crippen LogP contribution in [0.1, 0.15) is 37.3 Å². The SMILES string of the molecule is C[C@H]1CNC[C@H](CCc2c(F)cncc2N[C@@H](Cc2ccc(F)cc2)C(=O)Nc2cc(F)cc(F)c2)N1S(=O)(=O)C1CC1. The first-order chi connectivity index (χ1) is 20.5. The summed E-state index contributed by atoms with van der Waals surface area (Å²) in [5.41, 5.74) is 0.891. The second-order valence-electron chi connectivity index (χ2n) is 11.1. The number of carbonyl (C=O) groups is 1. The largest absolute Gasteiger partial charge is 0.372 e. The number of halogens is 4.